The van der Waals surface area contributed by atoms with Gasteiger partial charge in [0.1, 0.15) is 17.4 Å². The molecular weight excluding hydrogens is 494 g/mol. The summed E-state index contributed by atoms with van der Waals surface area (Å²) in [5, 5.41) is 0. The Kier molecular flexibility index (Phi) is 11.7. The first kappa shape index (κ1) is 30.3. The van der Waals surface area contributed by atoms with Crippen LogP contribution < -0.4 is 19.9 Å². The van der Waals surface area contributed by atoms with E-state index in [-0.39, 0.29) is 37.2 Å². The Morgan fingerprint density at radius 2 is 1.47 bits per heavy atom. The first-order chi connectivity index (χ1) is 18.1. The van der Waals surface area contributed by atoms with E-state index in [4.69, 9.17) is 29.4 Å². The fourth-order valence-electron chi connectivity index (χ4n) is 3.71. The lowest BCUT2D eigenvalue weighted by Gasteiger charge is -2.29. The van der Waals surface area contributed by atoms with Crippen LogP contribution in [0.2, 0.25) is 0 Å². The van der Waals surface area contributed by atoms with Crippen LogP contribution in [0.4, 0.5) is 4.79 Å². The molecule has 0 bridgehead atoms. The summed E-state index contributed by atoms with van der Waals surface area (Å²) in [6, 6.07) is 13.0. The van der Waals surface area contributed by atoms with Crippen molar-refractivity contribution >= 4 is 24.1 Å². The molecule has 0 aliphatic rings. The summed E-state index contributed by atoms with van der Waals surface area (Å²) < 4.78 is 26.2. The summed E-state index contributed by atoms with van der Waals surface area (Å²) in [4.78, 5) is 49.1. The zero-order chi connectivity index (χ0) is 28.1. The molecule has 2 aromatic rings. The van der Waals surface area contributed by atoms with Gasteiger partial charge in [-0.1, -0.05) is 38.1 Å². The van der Waals surface area contributed by atoms with Crippen molar-refractivity contribution in [3.8, 4) is 17.2 Å². The van der Waals surface area contributed by atoms with Gasteiger partial charge in [-0.2, -0.15) is 0 Å². The number of ether oxygens (including phenoxy) is 5. The Labute approximate surface area is 222 Å². The van der Waals surface area contributed by atoms with Gasteiger partial charge in [0.15, 0.2) is 11.5 Å². The van der Waals surface area contributed by atoms with E-state index in [9.17, 15) is 19.2 Å². The highest BCUT2D eigenvalue weighted by atomic mass is 16.7. The zero-order valence-electron chi connectivity index (χ0n) is 22.2. The number of carbonyl (C=O) groups is 4. The molecular formula is C28H35NO9. The van der Waals surface area contributed by atoms with Gasteiger partial charge < -0.3 is 29.4 Å². The van der Waals surface area contributed by atoms with Crippen LogP contribution in [0.3, 0.4) is 0 Å². The third kappa shape index (κ3) is 9.51. The second-order valence-corrected chi connectivity index (χ2v) is 8.85. The molecule has 0 saturated carbocycles. The molecule has 2 atom stereocenters. The molecule has 2 N–H and O–H groups in total. The van der Waals surface area contributed by atoms with Crippen molar-refractivity contribution in [3.63, 3.8) is 0 Å². The number of benzene rings is 2. The van der Waals surface area contributed by atoms with Gasteiger partial charge in [-0.05, 0) is 49.6 Å². The minimum absolute atomic E-state index is 0.0355. The molecule has 2 aromatic carbocycles. The Morgan fingerprint density at radius 3 is 2.05 bits per heavy atom. The Bertz CT molecular complexity index is 1100. The van der Waals surface area contributed by atoms with Crippen molar-refractivity contribution in [2.45, 2.75) is 70.9 Å². The smallest absolute Gasteiger partial charge is 0.468 e. The van der Waals surface area contributed by atoms with Gasteiger partial charge in [-0.3, -0.25) is 14.4 Å². The molecule has 0 saturated heterocycles. The normalized spacial score (nSPS) is 13.0. The molecule has 0 aliphatic carbocycles. The van der Waals surface area contributed by atoms with E-state index in [1.54, 1.807) is 43.3 Å². The molecule has 0 fully saturated rings. The van der Waals surface area contributed by atoms with Crippen LogP contribution in [0.1, 0.15) is 58.4 Å². The first-order valence-electron chi connectivity index (χ1n) is 12.4. The van der Waals surface area contributed by atoms with E-state index in [0.717, 1.165) is 0 Å². The predicted octanol–water partition coefficient (Wildman–Crippen LogP) is 4.50. The van der Waals surface area contributed by atoms with Crippen LogP contribution >= 0.6 is 0 Å². The average molecular weight is 530 g/mol. The summed E-state index contributed by atoms with van der Waals surface area (Å²) in [5.74, 6) is -1.27. The maximum absolute atomic E-state index is 12.7. The Morgan fingerprint density at radius 1 is 0.868 bits per heavy atom. The van der Waals surface area contributed by atoms with Crippen LogP contribution in [-0.4, -0.2) is 42.8 Å². The van der Waals surface area contributed by atoms with Crippen LogP contribution in [0.5, 0.6) is 17.2 Å². The number of para-hydroxylation sites is 1. The average Bonchev–Trinajstić information content (AvgIpc) is 2.85. The SMILES string of the molecule is CCCC(=O)Oc1ccc(CC(N)(C[C@H](C)OC(=O)Oc2ccccc2)C(=O)OC)cc1OC(=O)CCC. The number of hydrogen-bond acceptors (Lipinski definition) is 10. The monoisotopic (exact) mass is 529 g/mol. The minimum atomic E-state index is -1.60. The van der Waals surface area contributed by atoms with Crippen LogP contribution in [0.25, 0.3) is 0 Å². The number of hydrogen-bond donors (Lipinski definition) is 1. The van der Waals surface area contributed by atoms with Gasteiger partial charge in [-0.25, -0.2) is 4.79 Å². The number of esters is 3. The van der Waals surface area contributed by atoms with Gasteiger partial charge in [0.2, 0.25) is 0 Å². The fourth-order valence-corrected chi connectivity index (χ4v) is 3.71. The summed E-state index contributed by atoms with van der Waals surface area (Å²) in [7, 11) is 1.20. The van der Waals surface area contributed by atoms with E-state index in [2.05, 4.69) is 0 Å². The quantitative estimate of drug-likeness (QED) is 0.224. The molecule has 0 spiro atoms. The van der Waals surface area contributed by atoms with Gasteiger partial charge in [0.05, 0.1) is 7.11 Å². The summed E-state index contributed by atoms with van der Waals surface area (Å²) >= 11 is 0. The zero-order valence-corrected chi connectivity index (χ0v) is 22.2. The lowest BCUT2D eigenvalue weighted by molar-refractivity contribution is -0.148. The topological polar surface area (TPSA) is 140 Å². The summed E-state index contributed by atoms with van der Waals surface area (Å²) in [6.07, 6.45) is -0.375. The summed E-state index contributed by atoms with van der Waals surface area (Å²) in [6.45, 7) is 5.25. The number of rotatable bonds is 13. The predicted molar refractivity (Wildman–Crippen MR) is 138 cm³/mol. The van der Waals surface area contributed by atoms with E-state index in [0.29, 0.717) is 24.2 Å². The van der Waals surface area contributed by atoms with Crippen molar-refractivity contribution in [1.29, 1.82) is 0 Å². The third-order valence-corrected chi connectivity index (χ3v) is 5.37. The first-order valence-corrected chi connectivity index (χ1v) is 12.4. The van der Waals surface area contributed by atoms with Gasteiger partial charge in [0, 0.05) is 25.7 Å². The van der Waals surface area contributed by atoms with Crippen LogP contribution in [0.15, 0.2) is 48.5 Å². The van der Waals surface area contributed by atoms with Crippen LogP contribution in [0, 0.1) is 0 Å². The fraction of sp³-hybridized carbons (Fsp3) is 0.429. The third-order valence-electron chi connectivity index (χ3n) is 5.37. The van der Waals surface area contributed by atoms with E-state index >= 15 is 0 Å². The maximum Gasteiger partial charge on any atom is 0.514 e. The Balaban J connectivity index is 2.22. The Hall–Kier alpha value is -3.92. The summed E-state index contributed by atoms with van der Waals surface area (Å²) in [5.41, 5.74) is 5.37. The van der Waals surface area contributed by atoms with E-state index < -0.39 is 35.7 Å². The molecule has 0 aliphatic heterocycles. The van der Waals surface area contributed by atoms with Crippen molar-refractivity contribution in [2.75, 3.05) is 7.11 Å². The minimum Gasteiger partial charge on any atom is -0.468 e. The van der Waals surface area contributed by atoms with Gasteiger partial charge in [0.25, 0.3) is 0 Å². The van der Waals surface area contributed by atoms with Gasteiger partial charge >= 0.3 is 24.1 Å². The molecule has 10 heteroatoms. The maximum atomic E-state index is 12.7. The molecule has 206 valence electrons. The highest BCUT2D eigenvalue weighted by Crippen LogP contribution is 2.32. The highest BCUT2D eigenvalue weighted by Gasteiger charge is 2.38. The molecule has 1 unspecified atom stereocenters. The molecule has 0 radical (unpaired) electrons. The molecule has 10 nitrogen and oxygen atoms in total. The lowest BCUT2D eigenvalue weighted by atomic mass is 9.86. The van der Waals surface area contributed by atoms with E-state index in [1.165, 1.54) is 19.2 Å². The standard InChI is InChI=1S/C28H35NO9/c1-5-10-24(30)37-22-15-14-20(16-23(22)38-25(31)11-6-2)18-28(29,26(32)34-4)17-19(3)35-27(33)36-21-12-8-7-9-13-21/h7-9,12-16,19H,5-6,10-11,17-18,29H2,1-4H3/t19-,28?/m0/s1. The van der Waals surface area contributed by atoms with Crippen molar-refractivity contribution in [2.24, 2.45) is 5.73 Å². The second kappa shape index (κ2) is 14.7. The highest BCUT2D eigenvalue weighted by molar-refractivity contribution is 5.81. The molecule has 2 rings (SSSR count). The molecule has 0 aromatic heterocycles. The van der Waals surface area contributed by atoms with Crippen LogP contribution in [-0.2, 0) is 30.3 Å². The number of methoxy groups -OCH3 is 1. The van der Waals surface area contributed by atoms with Crippen molar-refractivity contribution < 1.29 is 42.9 Å². The van der Waals surface area contributed by atoms with Crippen molar-refractivity contribution in [1.82, 2.24) is 0 Å². The van der Waals surface area contributed by atoms with Crippen molar-refractivity contribution in [3.05, 3.63) is 54.1 Å². The lowest BCUT2D eigenvalue weighted by Crippen LogP contribution is -2.53. The largest absolute Gasteiger partial charge is 0.514 e. The number of carbonyl (C=O) groups excluding carboxylic acids is 4. The van der Waals surface area contributed by atoms with E-state index in [1.807, 2.05) is 13.8 Å². The molecule has 0 heterocycles. The number of nitrogens with two attached hydrogens (primary N) is 1. The van der Waals surface area contributed by atoms with Gasteiger partial charge in [-0.15, -0.1) is 0 Å². The second-order valence-electron chi connectivity index (χ2n) is 8.85. The molecule has 0 amide bonds. The molecule has 38 heavy (non-hydrogen) atoms.